The lowest BCUT2D eigenvalue weighted by atomic mass is 10.3. The fourth-order valence-electron chi connectivity index (χ4n) is 2.12. The van der Waals surface area contributed by atoms with Crippen LogP contribution in [-0.2, 0) is 6.42 Å². The highest BCUT2D eigenvalue weighted by Crippen LogP contribution is 2.27. The van der Waals surface area contributed by atoms with Crippen molar-refractivity contribution in [2.75, 3.05) is 5.88 Å². The molecule has 6 heteroatoms. The lowest BCUT2D eigenvalue weighted by Crippen LogP contribution is -2.04. The number of halogens is 3. The molecule has 0 spiro atoms. The third kappa shape index (κ3) is 2.31. The van der Waals surface area contributed by atoms with Crippen LogP contribution in [-0.4, -0.2) is 20.4 Å². The van der Waals surface area contributed by atoms with Crippen LogP contribution in [0.5, 0.6) is 0 Å². The summed E-state index contributed by atoms with van der Waals surface area (Å²) >= 11 is 9.28. The van der Waals surface area contributed by atoms with Crippen molar-refractivity contribution in [1.29, 1.82) is 0 Å². The highest BCUT2D eigenvalue weighted by molar-refractivity contribution is 9.10. The van der Waals surface area contributed by atoms with Crippen molar-refractivity contribution in [1.82, 2.24) is 14.5 Å². The van der Waals surface area contributed by atoms with Crippen molar-refractivity contribution < 1.29 is 4.39 Å². The van der Waals surface area contributed by atoms with Gasteiger partial charge in [0.2, 0.25) is 0 Å². The van der Waals surface area contributed by atoms with Gasteiger partial charge in [0, 0.05) is 23.0 Å². The second kappa shape index (κ2) is 5.50. The molecule has 3 rings (SSSR count). The number of aryl methyl sites for hydroxylation is 1. The Morgan fingerprint density at radius 2 is 2.15 bits per heavy atom. The maximum atomic E-state index is 13.6. The monoisotopic (exact) mass is 353 g/mol. The fourth-order valence-corrected chi connectivity index (χ4v) is 2.71. The minimum absolute atomic E-state index is 0.308. The zero-order valence-corrected chi connectivity index (χ0v) is 12.7. The quantitative estimate of drug-likeness (QED) is 0.663. The third-order valence-electron chi connectivity index (χ3n) is 2.95. The van der Waals surface area contributed by atoms with Gasteiger partial charge in [-0.3, -0.25) is 4.57 Å². The molecule has 20 heavy (non-hydrogen) atoms. The van der Waals surface area contributed by atoms with E-state index in [0.717, 1.165) is 15.8 Å². The predicted molar refractivity (Wildman–Crippen MR) is 80.9 cm³/mol. The number of rotatable bonds is 3. The van der Waals surface area contributed by atoms with Gasteiger partial charge in [-0.1, -0.05) is 0 Å². The topological polar surface area (TPSA) is 30.7 Å². The molecule has 0 radical (unpaired) electrons. The number of aromatic nitrogens is 3. The summed E-state index contributed by atoms with van der Waals surface area (Å²) < 4.78 is 16.2. The molecule has 1 aromatic carbocycles. The SMILES string of the molecule is Fc1ccc(Br)c(-n2c(CCCl)nc3cccnc32)c1. The van der Waals surface area contributed by atoms with E-state index in [1.54, 1.807) is 12.3 Å². The maximum Gasteiger partial charge on any atom is 0.164 e. The number of fused-ring (bicyclic) bond motifs is 1. The summed E-state index contributed by atoms with van der Waals surface area (Å²) in [5, 5.41) is 0. The molecule has 2 aromatic heterocycles. The van der Waals surface area contributed by atoms with E-state index in [9.17, 15) is 4.39 Å². The highest BCUT2D eigenvalue weighted by atomic mass is 79.9. The molecule has 0 bridgehead atoms. The van der Waals surface area contributed by atoms with E-state index < -0.39 is 0 Å². The summed E-state index contributed by atoms with van der Waals surface area (Å²) in [5.74, 6) is 0.897. The summed E-state index contributed by atoms with van der Waals surface area (Å²) in [7, 11) is 0. The van der Waals surface area contributed by atoms with Crippen LogP contribution in [0, 0.1) is 5.82 Å². The van der Waals surface area contributed by atoms with Gasteiger partial charge < -0.3 is 0 Å². The second-order valence-corrected chi connectivity index (χ2v) is 5.48. The lowest BCUT2D eigenvalue weighted by molar-refractivity contribution is 0.626. The molecule has 0 atom stereocenters. The van der Waals surface area contributed by atoms with Crippen LogP contribution in [0.1, 0.15) is 5.82 Å². The van der Waals surface area contributed by atoms with E-state index in [2.05, 4.69) is 25.9 Å². The fraction of sp³-hybridized carbons (Fsp3) is 0.143. The van der Waals surface area contributed by atoms with Crippen LogP contribution in [0.3, 0.4) is 0 Å². The van der Waals surface area contributed by atoms with Crippen molar-refractivity contribution in [3.05, 3.63) is 52.6 Å². The number of nitrogens with zero attached hydrogens (tertiary/aromatic N) is 3. The van der Waals surface area contributed by atoms with Gasteiger partial charge in [-0.2, -0.15) is 0 Å². The van der Waals surface area contributed by atoms with Gasteiger partial charge >= 0.3 is 0 Å². The van der Waals surface area contributed by atoms with Crippen molar-refractivity contribution in [2.24, 2.45) is 0 Å². The van der Waals surface area contributed by atoms with Crippen molar-refractivity contribution >= 4 is 38.7 Å². The molecule has 0 saturated heterocycles. The van der Waals surface area contributed by atoms with Crippen molar-refractivity contribution in [2.45, 2.75) is 6.42 Å². The first-order valence-electron chi connectivity index (χ1n) is 6.04. The first-order chi connectivity index (χ1) is 9.70. The highest BCUT2D eigenvalue weighted by Gasteiger charge is 2.15. The first kappa shape index (κ1) is 13.5. The zero-order valence-electron chi connectivity index (χ0n) is 10.4. The van der Waals surface area contributed by atoms with Gasteiger partial charge in [0.05, 0.1) is 5.69 Å². The maximum absolute atomic E-state index is 13.6. The molecule has 0 N–H and O–H groups in total. The Kier molecular flexibility index (Phi) is 3.72. The van der Waals surface area contributed by atoms with Gasteiger partial charge in [0.15, 0.2) is 5.65 Å². The Labute approximate surface area is 128 Å². The van der Waals surface area contributed by atoms with Crippen molar-refractivity contribution in [3.63, 3.8) is 0 Å². The molecule has 2 heterocycles. The average Bonchev–Trinajstić information content (AvgIpc) is 2.80. The number of imidazole rings is 1. The van der Waals surface area contributed by atoms with Crippen molar-refractivity contribution in [3.8, 4) is 5.69 Å². The van der Waals surface area contributed by atoms with Crippen LogP contribution < -0.4 is 0 Å². The van der Waals surface area contributed by atoms with Crippen LogP contribution in [0.2, 0.25) is 0 Å². The minimum atomic E-state index is -0.308. The number of hydrogen-bond acceptors (Lipinski definition) is 2. The average molecular weight is 355 g/mol. The molecule has 0 aliphatic rings. The Morgan fingerprint density at radius 3 is 2.95 bits per heavy atom. The minimum Gasteiger partial charge on any atom is -0.279 e. The first-order valence-corrected chi connectivity index (χ1v) is 7.37. The summed E-state index contributed by atoms with van der Waals surface area (Å²) in [6.45, 7) is 0. The molecule has 102 valence electrons. The summed E-state index contributed by atoms with van der Waals surface area (Å²) in [5.41, 5.74) is 2.13. The Hall–Kier alpha value is -1.46. The molecule has 0 aliphatic heterocycles. The molecular weight excluding hydrogens is 345 g/mol. The molecular formula is C14H10BrClFN3. The summed E-state index contributed by atoms with van der Waals surface area (Å²) in [4.78, 5) is 8.87. The van der Waals surface area contributed by atoms with E-state index >= 15 is 0 Å². The largest absolute Gasteiger partial charge is 0.279 e. The van der Waals surface area contributed by atoms with E-state index in [1.165, 1.54) is 12.1 Å². The van der Waals surface area contributed by atoms with Crippen LogP contribution >= 0.6 is 27.5 Å². The molecule has 0 unspecified atom stereocenters. The van der Waals surface area contributed by atoms with Gasteiger partial charge in [0.1, 0.15) is 17.2 Å². The van der Waals surface area contributed by atoms with Gasteiger partial charge in [-0.15, -0.1) is 11.6 Å². The van der Waals surface area contributed by atoms with Gasteiger partial charge in [-0.05, 0) is 46.3 Å². The van der Waals surface area contributed by atoms with Crippen LogP contribution in [0.4, 0.5) is 4.39 Å². The number of benzene rings is 1. The smallest absolute Gasteiger partial charge is 0.164 e. The Bertz CT molecular complexity index is 772. The van der Waals surface area contributed by atoms with E-state index in [4.69, 9.17) is 11.6 Å². The Balaban J connectivity index is 2.33. The third-order valence-corrected chi connectivity index (χ3v) is 3.81. The summed E-state index contributed by atoms with van der Waals surface area (Å²) in [6.07, 6.45) is 2.28. The Morgan fingerprint density at radius 1 is 1.30 bits per heavy atom. The lowest BCUT2D eigenvalue weighted by Gasteiger charge is -2.10. The van der Waals surface area contributed by atoms with Crippen LogP contribution in [0.15, 0.2) is 41.0 Å². The molecule has 0 fully saturated rings. The molecule has 0 saturated carbocycles. The van der Waals surface area contributed by atoms with Crippen LogP contribution in [0.25, 0.3) is 16.9 Å². The number of alkyl halides is 1. The predicted octanol–water partition coefficient (Wildman–Crippen LogP) is 4.10. The number of pyridine rings is 1. The molecule has 0 amide bonds. The zero-order chi connectivity index (χ0) is 14.1. The normalized spacial score (nSPS) is 11.2. The van der Waals surface area contributed by atoms with Gasteiger partial charge in [0.25, 0.3) is 0 Å². The van der Waals surface area contributed by atoms with E-state index in [-0.39, 0.29) is 5.82 Å². The van der Waals surface area contributed by atoms with Gasteiger partial charge in [-0.25, -0.2) is 14.4 Å². The van der Waals surface area contributed by atoms with E-state index in [0.29, 0.717) is 23.6 Å². The number of hydrogen-bond donors (Lipinski definition) is 0. The van der Waals surface area contributed by atoms with E-state index in [1.807, 2.05) is 16.7 Å². The standard InChI is InChI=1S/C14H10BrClFN3/c15-10-4-3-9(17)8-12(10)20-13(5-6-16)19-11-2-1-7-18-14(11)20/h1-4,7-8H,5-6H2. The summed E-state index contributed by atoms with van der Waals surface area (Å²) in [6, 6.07) is 8.23. The molecule has 3 aromatic rings. The molecule has 0 aliphatic carbocycles. The molecule has 3 nitrogen and oxygen atoms in total. The second-order valence-electron chi connectivity index (χ2n) is 4.24.